The third-order valence-corrected chi connectivity index (χ3v) is 2.85. The van der Waals surface area contributed by atoms with Gasteiger partial charge < -0.3 is 4.74 Å². The SMILES string of the molecule is Cc1ccc(NC(=O)Oc2ccc(Br)cc2)cc1. The molecule has 1 amide bonds. The van der Waals surface area contributed by atoms with Crippen LogP contribution in [0.15, 0.2) is 53.0 Å². The van der Waals surface area contributed by atoms with Crippen LogP contribution in [0.25, 0.3) is 0 Å². The number of halogens is 1. The maximum Gasteiger partial charge on any atom is 0.417 e. The van der Waals surface area contributed by atoms with Gasteiger partial charge in [0.05, 0.1) is 0 Å². The van der Waals surface area contributed by atoms with Crippen LogP contribution in [-0.2, 0) is 0 Å². The summed E-state index contributed by atoms with van der Waals surface area (Å²) in [6.45, 7) is 1.99. The molecule has 0 heterocycles. The van der Waals surface area contributed by atoms with Crippen molar-refractivity contribution in [1.29, 1.82) is 0 Å². The molecule has 2 aromatic carbocycles. The van der Waals surface area contributed by atoms with Crippen molar-refractivity contribution in [2.75, 3.05) is 5.32 Å². The predicted octanol–water partition coefficient (Wildman–Crippen LogP) is 4.37. The number of ether oxygens (including phenoxy) is 1. The highest BCUT2D eigenvalue weighted by atomic mass is 79.9. The van der Waals surface area contributed by atoms with Crippen LogP contribution >= 0.6 is 15.9 Å². The lowest BCUT2D eigenvalue weighted by Gasteiger charge is -2.06. The van der Waals surface area contributed by atoms with Crippen molar-refractivity contribution < 1.29 is 9.53 Å². The van der Waals surface area contributed by atoms with E-state index < -0.39 is 6.09 Å². The van der Waals surface area contributed by atoms with Gasteiger partial charge in [0.2, 0.25) is 0 Å². The summed E-state index contributed by atoms with van der Waals surface area (Å²) in [6, 6.07) is 14.6. The first-order valence-corrected chi connectivity index (χ1v) is 6.24. The molecule has 0 fully saturated rings. The summed E-state index contributed by atoms with van der Waals surface area (Å²) in [5, 5.41) is 2.66. The summed E-state index contributed by atoms with van der Waals surface area (Å²) >= 11 is 3.32. The molecular formula is C14H12BrNO2. The van der Waals surface area contributed by atoms with Crippen molar-refractivity contribution in [1.82, 2.24) is 0 Å². The molecule has 0 unspecified atom stereocenters. The van der Waals surface area contributed by atoms with Gasteiger partial charge in [-0.1, -0.05) is 33.6 Å². The number of carbonyl (C=O) groups excluding carboxylic acids is 1. The highest BCUT2D eigenvalue weighted by Crippen LogP contribution is 2.17. The zero-order valence-corrected chi connectivity index (χ0v) is 11.4. The molecule has 18 heavy (non-hydrogen) atoms. The Hall–Kier alpha value is -1.81. The van der Waals surface area contributed by atoms with Crippen molar-refractivity contribution >= 4 is 27.7 Å². The van der Waals surface area contributed by atoms with E-state index in [0.29, 0.717) is 11.4 Å². The van der Waals surface area contributed by atoms with Gasteiger partial charge in [-0.2, -0.15) is 0 Å². The Morgan fingerprint density at radius 3 is 2.28 bits per heavy atom. The zero-order chi connectivity index (χ0) is 13.0. The van der Waals surface area contributed by atoms with Gasteiger partial charge in [0, 0.05) is 10.2 Å². The fourth-order valence-electron chi connectivity index (χ4n) is 1.39. The second-order valence-corrected chi connectivity index (χ2v) is 4.75. The maximum atomic E-state index is 11.6. The minimum absolute atomic E-state index is 0.499. The van der Waals surface area contributed by atoms with E-state index >= 15 is 0 Å². The highest BCUT2D eigenvalue weighted by molar-refractivity contribution is 9.10. The summed E-state index contributed by atoms with van der Waals surface area (Å²) < 4.78 is 6.07. The average molecular weight is 306 g/mol. The normalized spacial score (nSPS) is 9.89. The van der Waals surface area contributed by atoms with E-state index in [-0.39, 0.29) is 0 Å². The van der Waals surface area contributed by atoms with E-state index in [0.717, 1.165) is 10.0 Å². The molecule has 0 radical (unpaired) electrons. The third-order valence-electron chi connectivity index (χ3n) is 2.32. The number of nitrogens with one attached hydrogen (secondary N) is 1. The van der Waals surface area contributed by atoms with Gasteiger partial charge in [-0.3, -0.25) is 5.32 Å². The number of rotatable bonds is 2. The number of anilines is 1. The lowest BCUT2D eigenvalue weighted by Crippen LogP contribution is -2.16. The van der Waals surface area contributed by atoms with Crippen LogP contribution < -0.4 is 10.1 Å². The molecule has 0 bridgehead atoms. The lowest BCUT2D eigenvalue weighted by atomic mass is 10.2. The lowest BCUT2D eigenvalue weighted by molar-refractivity contribution is 0.215. The Bertz CT molecular complexity index is 485. The minimum Gasteiger partial charge on any atom is -0.410 e. The maximum absolute atomic E-state index is 11.6. The molecule has 2 aromatic rings. The number of aryl methyl sites for hydroxylation is 1. The molecule has 4 heteroatoms. The number of amides is 1. The first kappa shape index (κ1) is 12.6. The molecular weight excluding hydrogens is 294 g/mol. The third kappa shape index (κ3) is 3.60. The van der Waals surface area contributed by atoms with Crippen LogP contribution in [-0.4, -0.2) is 6.09 Å². The molecule has 1 N–H and O–H groups in total. The van der Waals surface area contributed by atoms with Crippen LogP contribution in [0.1, 0.15) is 5.56 Å². The molecule has 92 valence electrons. The van der Waals surface area contributed by atoms with Crippen molar-refractivity contribution in [3.63, 3.8) is 0 Å². The molecule has 0 atom stereocenters. The van der Waals surface area contributed by atoms with Gasteiger partial charge in [-0.05, 0) is 43.3 Å². The molecule has 2 rings (SSSR count). The van der Waals surface area contributed by atoms with Gasteiger partial charge in [0.25, 0.3) is 0 Å². The van der Waals surface area contributed by atoms with E-state index in [1.807, 2.05) is 43.3 Å². The molecule has 0 aromatic heterocycles. The smallest absolute Gasteiger partial charge is 0.410 e. The van der Waals surface area contributed by atoms with Crippen molar-refractivity contribution in [3.05, 3.63) is 58.6 Å². The van der Waals surface area contributed by atoms with E-state index in [9.17, 15) is 4.79 Å². The van der Waals surface area contributed by atoms with E-state index in [1.54, 1.807) is 12.1 Å². The van der Waals surface area contributed by atoms with Crippen molar-refractivity contribution in [2.45, 2.75) is 6.92 Å². The Morgan fingerprint density at radius 1 is 1.06 bits per heavy atom. The fraction of sp³-hybridized carbons (Fsp3) is 0.0714. The first-order valence-electron chi connectivity index (χ1n) is 5.44. The summed E-state index contributed by atoms with van der Waals surface area (Å²) in [7, 11) is 0. The Morgan fingerprint density at radius 2 is 1.67 bits per heavy atom. The van der Waals surface area contributed by atoms with Gasteiger partial charge in [0.15, 0.2) is 0 Å². The van der Waals surface area contributed by atoms with Crippen LogP contribution in [0, 0.1) is 6.92 Å². The molecule has 0 aliphatic rings. The Balaban J connectivity index is 1.96. The Labute approximate surface area is 114 Å². The summed E-state index contributed by atoms with van der Waals surface area (Å²) in [4.78, 5) is 11.6. The van der Waals surface area contributed by atoms with E-state index in [1.165, 1.54) is 0 Å². The largest absolute Gasteiger partial charge is 0.417 e. The predicted molar refractivity (Wildman–Crippen MR) is 75.0 cm³/mol. The number of hydrogen-bond donors (Lipinski definition) is 1. The molecule has 0 saturated heterocycles. The molecule has 0 spiro atoms. The van der Waals surface area contributed by atoms with Gasteiger partial charge in [-0.15, -0.1) is 0 Å². The van der Waals surface area contributed by atoms with Gasteiger partial charge in [-0.25, -0.2) is 4.79 Å². The molecule has 3 nitrogen and oxygen atoms in total. The van der Waals surface area contributed by atoms with Crippen LogP contribution in [0.5, 0.6) is 5.75 Å². The fourth-order valence-corrected chi connectivity index (χ4v) is 1.65. The van der Waals surface area contributed by atoms with E-state index in [2.05, 4.69) is 21.2 Å². The van der Waals surface area contributed by atoms with Crippen molar-refractivity contribution in [2.24, 2.45) is 0 Å². The molecule has 0 saturated carbocycles. The summed E-state index contributed by atoms with van der Waals surface area (Å²) in [6.07, 6.45) is -0.499. The minimum atomic E-state index is -0.499. The molecule has 0 aliphatic heterocycles. The summed E-state index contributed by atoms with van der Waals surface area (Å²) in [5.74, 6) is 0.503. The second-order valence-electron chi connectivity index (χ2n) is 3.83. The highest BCUT2D eigenvalue weighted by Gasteiger charge is 2.04. The summed E-state index contributed by atoms with van der Waals surface area (Å²) in [5.41, 5.74) is 1.85. The van der Waals surface area contributed by atoms with Gasteiger partial charge in [0.1, 0.15) is 5.75 Å². The number of hydrogen-bond acceptors (Lipinski definition) is 2. The van der Waals surface area contributed by atoms with Gasteiger partial charge >= 0.3 is 6.09 Å². The Kier molecular flexibility index (Phi) is 3.99. The number of carbonyl (C=O) groups is 1. The first-order chi connectivity index (χ1) is 8.63. The van der Waals surface area contributed by atoms with Crippen LogP contribution in [0.4, 0.5) is 10.5 Å². The number of benzene rings is 2. The second kappa shape index (κ2) is 5.69. The van der Waals surface area contributed by atoms with Crippen molar-refractivity contribution in [3.8, 4) is 5.75 Å². The zero-order valence-electron chi connectivity index (χ0n) is 9.81. The van der Waals surface area contributed by atoms with Crippen LogP contribution in [0.3, 0.4) is 0 Å². The average Bonchev–Trinajstić information content (AvgIpc) is 2.35. The topological polar surface area (TPSA) is 38.3 Å². The standard InChI is InChI=1S/C14H12BrNO2/c1-10-2-6-12(7-3-10)16-14(17)18-13-8-4-11(15)5-9-13/h2-9H,1H3,(H,16,17). The molecule has 0 aliphatic carbocycles. The quantitative estimate of drug-likeness (QED) is 0.895. The monoisotopic (exact) mass is 305 g/mol. The van der Waals surface area contributed by atoms with Crippen LogP contribution in [0.2, 0.25) is 0 Å². The van der Waals surface area contributed by atoms with E-state index in [4.69, 9.17) is 4.74 Å².